The lowest BCUT2D eigenvalue weighted by atomic mass is 10.2. The van der Waals surface area contributed by atoms with Crippen molar-refractivity contribution in [1.82, 2.24) is 9.71 Å². The van der Waals surface area contributed by atoms with Gasteiger partial charge in [-0.3, -0.25) is 10.1 Å². The van der Waals surface area contributed by atoms with Crippen molar-refractivity contribution in [3.8, 4) is 0 Å². The van der Waals surface area contributed by atoms with Crippen LogP contribution in [-0.2, 0) is 10.0 Å². The molecule has 8 nitrogen and oxygen atoms in total. The van der Waals surface area contributed by atoms with E-state index in [9.17, 15) is 18.5 Å². The van der Waals surface area contributed by atoms with E-state index in [-0.39, 0.29) is 12.2 Å². The first kappa shape index (κ1) is 15.1. The topological polar surface area (TPSA) is 114 Å². The number of fused-ring (bicyclic) bond motifs is 1. The Morgan fingerprint density at radius 3 is 2.67 bits per heavy atom. The van der Waals surface area contributed by atoms with Crippen molar-refractivity contribution in [1.29, 1.82) is 0 Å². The first-order chi connectivity index (χ1) is 9.85. The summed E-state index contributed by atoms with van der Waals surface area (Å²) in [7, 11) is -3.20. The van der Waals surface area contributed by atoms with Gasteiger partial charge in [0.2, 0.25) is 10.0 Å². The van der Waals surface area contributed by atoms with Crippen LogP contribution in [0.25, 0.3) is 10.9 Å². The summed E-state index contributed by atoms with van der Waals surface area (Å²) in [5.74, 6) is 0.576. The van der Waals surface area contributed by atoms with Crippen molar-refractivity contribution in [2.24, 2.45) is 0 Å². The first-order valence-corrected chi connectivity index (χ1v) is 7.98. The Kier molecular flexibility index (Phi) is 4.34. The summed E-state index contributed by atoms with van der Waals surface area (Å²) in [6.07, 6.45) is 1.09. The number of nitro groups is 1. The number of hydrogen-bond donors (Lipinski definition) is 2. The van der Waals surface area contributed by atoms with Gasteiger partial charge in [0.05, 0.1) is 16.7 Å². The molecule has 0 aliphatic carbocycles. The second-order valence-corrected chi connectivity index (χ2v) is 6.26. The van der Waals surface area contributed by atoms with Crippen LogP contribution < -0.4 is 10.0 Å². The van der Waals surface area contributed by atoms with Crippen LogP contribution in [0.5, 0.6) is 0 Å². The number of nitrogens with zero attached hydrogens (tertiary/aromatic N) is 2. The zero-order chi connectivity index (χ0) is 15.5. The molecule has 0 aliphatic heterocycles. The fourth-order valence-corrected chi connectivity index (χ4v) is 2.22. The van der Waals surface area contributed by atoms with E-state index in [0.717, 1.165) is 6.26 Å². The van der Waals surface area contributed by atoms with E-state index in [0.29, 0.717) is 23.3 Å². The van der Waals surface area contributed by atoms with Crippen molar-refractivity contribution in [2.75, 3.05) is 24.7 Å². The quantitative estimate of drug-likeness (QED) is 0.469. The molecule has 0 amide bonds. The number of hydrogen-bond acceptors (Lipinski definition) is 6. The normalized spacial score (nSPS) is 11.5. The average Bonchev–Trinajstić information content (AvgIpc) is 2.41. The molecule has 0 aliphatic rings. The Hall–Kier alpha value is -2.26. The van der Waals surface area contributed by atoms with Gasteiger partial charge in [-0.15, -0.1) is 0 Å². The molecule has 21 heavy (non-hydrogen) atoms. The maximum absolute atomic E-state index is 10.9. The highest BCUT2D eigenvalue weighted by Crippen LogP contribution is 2.20. The fourth-order valence-electron chi connectivity index (χ4n) is 1.75. The van der Waals surface area contributed by atoms with E-state index in [1.54, 1.807) is 18.2 Å². The zero-order valence-electron chi connectivity index (χ0n) is 11.2. The van der Waals surface area contributed by atoms with Gasteiger partial charge in [0, 0.05) is 30.6 Å². The fraction of sp³-hybridized carbons (Fsp3) is 0.250. The van der Waals surface area contributed by atoms with Crippen molar-refractivity contribution in [3.05, 3.63) is 40.4 Å². The number of benzene rings is 1. The van der Waals surface area contributed by atoms with Crippen LogP contribution in [0.1, 0.15) is 0 Å². The summed E-state index contributed by atoms with van der Waals surface area (Å²) in [5, 5.41) is 14.3. The number of anilines is 1. The van der Waals surface area contributed by atoms with Crippen molar-refractivity contribution < 1.29 is 13.3 Å². The summed E-state index contributed by atoms with van der Waals surface area (Å²) in [6.45, 7) is 0.636. The van der Waals surface area contributed by atoms with Crippen LogP contribution in [0.15, 0.2) is 30.3 Å². The Balaban J connectivity index is 2.06. The molecule has 0 unspecified atom stereocenters. The third-order valence-electron chi connectivity index (χ3n) is 2.68. The second-order valence-electron chi connectivity index (χ2n) is 4.42. The number of rotatable bonds is 6. The number of sulfonamides is 1. The summed E-state index contributed by atoms with van der Waals surface area (Å²) in [4.78, 5) is 14.5. The predicted molar refractivity (Wildman–Crippen MR) is 79.7 cm³/mol. The van der Waals surface area contributed by atoms with Crippen LogP contribution in [0.3, 0.4) is 0 Å². The highest BCUT2D eigenvalue weighted by Gasteiger charge is 2.07. The third kappa shape index (κ3) is 4.36. The van der Waals surface area contributed by atoms with E-state index in [1.165, 1.54) is 12.1 Å². The van der Waals surface area contributed by atoms with Crippen LogP contribution in [-0.4, -0.2) is 37.7 Å². The smallest absolute Gasteiger partial charge is 0.270 e. The first-order valence-electron chi connectivity index (χ1n) is 6.09. The molecule has 0 radical (unpaired) electrons. The number of pyridine rings is 1. The monoisotopic (exact) mass is 310 g/mol. The molecule has 2 N–H and O–H groups in total. The maximum atomic E-state index is 10.9. The molecule has 0 saturated heterocycles. The van der Waals surface area contributed by atoms with Crippen LogP contribution in [0, 0.1) is 10.1 Å². The Bertz CT molecular complexity index is 776. The van der Waals surface area contributed by atoms with E-state index in [2.05, 4.69) is 15.0 Å². The lowest BCUT2D eigenvalue weighted by Gasteiger charge is -2.07. The Labute approximate surface area is 121 Å². The predicted octanol–water partition coefficient (Wildman–Crippen LogP) is 1.10. The molecule has 0 spiro atoms. The molecule has 9 heteroatoms. The minimum Gasteiger partial charge on any atom is -0.369 e. The standard InChI is InChI=1S/C12H14N4O4S/c1-21(19,20)14-7-6-13-12-5-2-9-8-10(16(17)18)3-4-11(9)15-12/h2-5,8,14H,6-7H2,1H3,(H,13,15). The zero-order valence-corrected chi connectivity index (χ0v) is 12.1. The molecule has 1 heterocycles. The molecule has 2 rings (SSSR count). The highest BCUT2D eigenvalue weighted by molar-refractivity contribution is 7.88. The Morgan fingerprint density at radius 1 is 1.24 bits per heavy atom. The minimum absolute atomic E-state index is 0.0161. The van der Waals surface area contributed by atoms with Gasteiger partial charge in [0.25, 0.3) is 5.69 Å². The molecule has 112 valence electrons. The van der Waals surface area contributed by atoms with Crippen molar-refractivity contribution >= 4 is 32.4 Å². The Morgan fingerprint density at radius 2 is 2.00 bits per heavy atom. The number of nitro benzene ring substituents is 1. The van der Waals surface area contributed by atoms with Gasteiger partial charge < -0.3 is 5.32 Å². The molecular weight excluding hydrogens is 296 g/mol. The molecule has 0 bridgehead atoms. The van der Waals surface area contributed by atoms with Crippen LogP contribution in [0.2, 0.25) is 0 Å². The van der Waals surface area contributed by atoms with Crippen molar-refractivity contribution in [2.45, 2.75) is 0 Å². The van der Waals surface area contributed by atoms with Gasteiger partial charge in [-0.1, -0.05) is 0 Å². The van der Waals surface area contributed by atoms with E-state index in [1.807, 2.05) is 0 Å². The van der Waals surface area contributed by atoms with Gasteiger partial charge in [0.1, 0.15) is 5.82 Å². The van der Waals surface area contributed by atoms with Gasteiger partial charge >= 0.3 is 0 Å². The summed E-state index contributed by atoms with van der Waals surface area (Å²) >= 11 is 0. The SMILES string of the molecule is CS(=O)(=O)NCCNc1ccc2cc([N+](=O)[O-])ccc2n1. The van der Waals surface area contributed by atoms with Gasteiger partial charge in [-0.25, -0.2) is 18.1 Å². The van der Waals surface area contributed by atoms with Gasteiger partial charge in [-0.05, 0) is 18.2 Å². The van der Waals surface area contributed by atoms with E-state index in [4.69, 9.17) is 0 Å². The molecule has 2 aromatic rings. The number of non-ortho nitro benzene ring substituents is 1. The minimum atomic E-state index is -3.20. The van der Waals surface area contributed by atoms with Crippen molar-refractivity contribution in [3.63, 3.8) is 0 Å². The lowest BCUT2D eigenvalue weighted by Crippen LogP contribution is -2.27. The van der Waals surface area contributed by atoms with Crippen LogP contribution >= 0.6 is 0 Å². The molecule has 1 aromatic carbocycles. The molecule has 0 atom stereocenters. The lowest BCUT2D eigenvalue weighted by molar-refractivity contribution is -0.384. The summed E-state index contributed by atoms with van der Waals surface area (Å²) in [5.41, 5.74) is 0.643. The third-order valence-corrected chi connectivity index (χ3v) is 3.41. The van der Waals surface area contributed by atoms with Gasteiger partial charge in [-0.2, -0.15) is 0 Å². The average molecular weight is 310 g/mol. The number of aromatic nitrogens is 1. The molecular formula is C12H14N4O4S. The molecule has 1 aromatic heterocycles. The number of nitrogens with one attached hydrogen (secondary N) is 2. The largest absolute Gasteiger partial charge is 0.369 e. The molecule has 0 saturated carbocycles. The van der Waals surface area contributed by atoms with Crippen LogP contribution in [0.4, 0.5) is 11.5 Å². The van der Waals surface area contributed by atoms with Gasteiger partial charge in [0.15, 0.2) is 0 Å². The molecule has 0 fully saturated rings. The summed E-state index contributed by atoms with van der Waals surface area (Å²) < 4.78 is 24.1. The van der Waals surface area contributed by atoms with E-state index < -0.39 is 14.9 Å². The summed E-state index contributed by atoms with van der Waals surface area (Å²) in [6, 6.07) is 7.84. The maximum Gasteiger partial charge on any atom is 0.270 e. The second kappa shape index (κ2) is 6.02. The highest BCUT2D eigenvalue weighted by atomic mass is 32.2. The van der Waals surface area contributed by atoms with E-state index >= 15 is 0 Å².